The number of nitrogens with one attached hydrogen (secondary N) is 1. The third-order valence-electron chi connectivity index (χ3n) is 4.66. The second kappa shape index (κ2) is 8.89. The highest BCUT2D eigenvalue weighted by Crippen LogP contribution is 2.25. The van der Waals surface area contributed by atoms with Gasteiger partial charge in [0.15, 0.2) is 0 Å². The van der Waals surface area contributed by atoms with Crippen molar-refractivity contribution in [3.8, 4) is 5.75 Å². The molecule has 6 heteroatoms. The largest absolute Gasteiger partial charge is 0.489 e. The zero-order chi connectivity index (χ0) is 20.1. The predicted octanol–water partition coefficient (Wildman–Crippen LogP) is 3.11. The quantitative estimate of drug-likeness (QED) is 0.864. The Balaban J connectivity index is 1.73. The molecule has 1 heterocycles. The molecule has 148 valence electrons. The number of ether oxygens (including phenoxy) is 1. The Morgan fingerprint density at radius 1 is 0.964 bits per heavy atom. The molecule has 1 aliphatic heterocycles. The molecule has 6 nitrogen and oxygen atoms in total. The fourth-order valence-corrected chi connectivity index (χ4v) is 3.11. The molecule has 0 bridgehead atoms. The first-order valence-corrected chi connectivity index (χ1v) is 9.59. The number of likely N-dealkylation sites (N-methyl/N-ethyl adjacent to an activating group) is 1. The van der Waals surface area contributed by atoms with Crippen LogP contribution in [0.15, 0.2) is 48.5 Å². The average molecular weight is 381 g/mol. The van der Waals surface area contributed by atoms with Crippen LogP contribution in [0.2, 0.25) is 0 Å². The first-order valence-electron chi connectivity index (χ1n) is 9.59. The lowest BCUT2D eigenvalue weighted by Crippen LogP contribution is -2.47. The molecular formula is C22H27N3O3. The van der Waals surface area contributed by atoms with Crippen LogP contribution in [0.5, 0.6) is 5.75 Å². The van der Waals surface area contributed by atoms with Gasteiger partial charge in [0.05, 0.1) is 11.8 Å². The van der Waals surface area contributed by atoms with E-state index in [1.54, 1.807) is 30.3 Å². The molecule has 0 atom stereocenters. The van der Waals surface area contributed by atoms with E-state index in [9.17, 15) is 9.59 Å². The highest BCUT2D eigenvalue weighted by atomic mass is 16.5. The zero-order valence-corrected chi connectivity index (χ0v) is 16.6. The van der Waals surface area contributed by atoms with Crippen LogP contribution in [0.4, 0.5) is 5.69 Å². The number of rotatable bonds is 5. The molecule has 2 aromatic rings. The van der Waals surface area contributed by atoms with Crippen LogP contribution >= 0.6 is 0 Å². The Morgan fingerprint density at radius 3 is 2.36 bits per heavy atom. The molecule has 0 aromatic heterocycles. The van der Waals surface area contributed by atoms with Crippen molar-refractivity contribution in [2.45, 2.75) is 20.0 Å². The van der Waals surface area contributed by atoms with Crippen LogP contribution in [0.25, 0.3) is 0 Å². The summed E-state index contributed by atoms with van der Waals surface area (Å²) in [7, 11) is 2.05. The summed E-state index contributed by atoms with van der Waals surface area (Å²) in [5.74, 6) is 0.314. The SMILES string of the molecule is CC(C)Oc1ccccc1NC(=O)c1cccc(C(=O)N2CCN(C)CC2)c1. The van der Waals surface area contributed by atoms with E-state index in [-0.39, 0.29) is 17.9 Å². The second-order valence-electron chi connectivity index (χ2n) is 7.29. The van der Waals surface area contributed by atoms with Crippen molar-refractivity contribution in [2.24, 2.45) is 0 Å². The Morgan fingerprint density at radius 2 is 1.64 bits per heavy atom. The third-order valence-corrected chi connectivity index (χ3v) is 4.66. The summed E-state index contributed by atoms with van der Waals surface area (Å²) < 4.78 is 5.75. The van der Waals surface area contributed by atoms with Gasteiger partial charge in [-0.05, 0) is 51.2 Å². The number of piperazine rings is 1. The summed E-state index contributed by atoms with van der Waals surface area (Å²) >= 11 is 0. The minimum atomic E-state index is -0.271. The minimum Gasteiger partial charge on any atom is -0.489 e. The fourth-order valence-electron chi connectivity index (χ4n) is 3.11. The van der Waals surface area contributed by atoms with Crippen LogP contribution in [-0.4, -0.2) is 60.9 Å². The third kappa shape index (κ3) is 4.89. The normalized spacial score (nSPS) is 14.8. The van der Waals surface area contributed by atoms with E-state index in [0.29, 0.717) is 35.7 Å². The Bertz CT molecular complexity index is 842. The lowest BCUT2D eigenvalue weighted by Gasteiger charge is -2.32. The van der Waals surface area contributed by atoms with E-state index in [1.165, 1.54) is 0 Å². The van der Waals surface area contributed by atoms with E-state index in [1.807, 2.05) is 44.0 Å². The average Bonchev–Trinajstić information content (AvgIpc) is 2.69. The topological polar surface area (TPSA) is 61.9 Å². The summed E-state index contributed by atoms with van der Waals surface area (Å²) in [4.78, 5) is 29.6. The van der Waals surface area contributed by atoms with Gasteiger partial charge in [-0.25, -0.2) is 0 Å². The molecule has 0 radical (unpaired) electrons. The molecule has 0 unspecified atom stereocenters. The summed E-state index contributed by atoms with van der Waals surface area (Å²) in [5.41, 5.74) is 1.58. The highest BCUT2D eigenvalue weighted by molar-refractivity contribution is 6.06. The summed E-state index contributed by atoms with van der Waals surface area (Å²) in [6.45, 7) is 6.99. The van der Waals surface area contributed by atoms with Gasteiger partial charge < -0.3 is 19.9 Å². The van der Waals surface area contributed by atoms with E-state index >= 15 is 0 Å². The minimum absolute atomic E-state index is 0.00240. The van der Waals surface area contributed by atoms with Crippen molar-refractivity contribution in [3.05, 3.63) is 59.7 Å². The van der Waals surface area contributed by atoms with Crippen LogP contribution < -0.4 is 10.1 Å². The Labute approximate surface area is 166 Å². The monoisotopic (exact) mass is 381 g/mol. The molecule has 0 saturated carbocycles. The summed E-state index contributed by atoms with van der Waals surface area (Å²) in [6, 6.07) is 14.2. The van der Waals surface area contributed by atoms with Gasteiger partial charge in [-0.15, -0.1) is 0 Å². The number of nitrogens with zero attached hydrogens (tertiary/aromatic N) is 2. The van der Waals surface area contributed by atoms with Gasteiger partial charge in [0, 0.05) is 37.3 Å². The van der Waals surface area contributed by atoms with Gasteiger partial charge in [0.2, 0.25) is 0 Å². The molecule has 2 amide bonds. The molecular weight excluding hydrogens is 354 g/mol. The predicted molar refractivity (Wildman–Crippen MR) is 110 cm³/mol. The molecule has 0 spiro atoms. The van der Waals surface area contributed by atoms with E-state index in [2.05, 4.69) is 10.2 Å². The van der Waals surface area contributed by atoms with Crippen molar-refractivity contribution in [3.63, 3.8) is 0 Å². The van der Waals surface area contributed by atoms with Gasteiger partial charge >= 0.3 is 0 Å². The van der Waals surface area contributed by atoms with Gasteiger partial charge in [-0.2, -0.15) is 0 Å². The number of hydrogen-bond donors (Lipinski definition) is 1. The first kappa shape index (κ1) is 19.9. The number of hydrogen-bond acceptors (Lipinski definition) is 4. The molecule has 1 saturated heterocycles. The summed E-state index contributed by atoms with van der Waals surface area (Å²) in [6.07, 6.45) is 0.00240. The number of amides is 2. The van der Waals surface area contributed by atoms with Crippen LogP contribution in [-0.2, 0) is 0 Å². The van der Waals surface area contributed by atoms with Crippen LogP contribution in [0.3, 0.4) is 0 Å². The van der Waals surface area contributed by atoms with Crippen molar-refractivity contribution < 1.29 is 14.3 Å². The molecule has 28 heavy (non-hydrogen) atoms. The zero-order valence-electron chi connectivity index (χ0n) is 16.6. The molecule has 2 aromatic carbocycles. The number of carbonyl (C=O) groups excluding carboxylic acids is 2. The Kier molecular flexibility index (Phi) is 6.31. The lowest BCUT2D eigenvalue weighted by molar-refractivity contribution is 0.0664. The van der Waals surface area contributed by atoms with Crippen LogP contribution in [0.1, 0.15) is 34.6 Å². The molecule has 1 aliphatic rings. The maximum Gasteiger partial charge on any atom is 0.255 e. The molecule has 1 fully saturated rings. The standard InChI is InChI=1S/C22H27N3O3/c1-16(2)28-20-10-5-4-9-19(20)23-21(26)17-7-6-8-18(15-17)22(27)25-13-11-24(3)12-14-25/h4-10,15-16H,11-14H2,1-3H3,(H,23,26). The first-order chi connectivity index (χ1) is 13.4. The molecule has 3 rings (SSSR count). The van der Waals surface area contributed by atoms with Crippen molar-refractivity contribution in [1.82, 2.24) is 9.80 Å². The number of carbonyl (C=O) groups is 2. The van der Waals surface area contributed by atoms with E-state index in [0.717, 1.165) is 13.1 Å². The van der Waals surface area contributed by atoms with Crippen molar-refractivity contribution in [2.75, 3.05) is 38.5 Å². The van der Waals surface area contributed by atoms with E-state index in [4.69, 9.17) is 4.74 Å². The van der Waals surface area contributed by atoms with Gasteiger partial charge in [-0.1, -0.05) is 18.2 Å². The number of para-hydroxylation sites is 2. The van der Waals surface area contributed by atoms with Crippen molar-refractivity contribution >= 4 is 17.5 Å². The summed E-state index contributed by atoms with van der Waals surface area (Å²) in [5, 5.41) is 2.89. The van der Waals surface area contributed by atoms with Gasteiger partial charge in [-0.3, -0.25) is 9.59 Å². The second-order valence-corrected chi connectivity index (χ2v) is 7.29. The maximum absolute atomic E-state index is 12.8. The molecule has 1 N–H and O–H groups in total. The lowest BCUT2D eigenvalue weighted by atomic mass is 10.1. The smallest absolute Gasteiger partial charge is 0.255 e. The van der Waals surface area contributed by atoms with Gasteiger partial charge in [0.25, 0.3) is 11.8 Å². The van der Waals surface area contributed by atoms with E-state index < -0.39 is 0 Å². The maximum atomic E-state index is 12.8. The number of benzene rings is 2. The van der Waals surface area contributed by atoms with Gasteiger partial charge in [0.1, 0.15) is 5.75 Å². The highest BCUT2D eigenvalue weighted by Gasteiger charge is 2.21. The Hall–Kier alpha value is -2.86. The van der Waals surface area contributed by atoms with Crippen molar-refractivity contribution in [1.29, 1.82) is 0 Å². The molecule has 0 aliphatic carbocycles. The number of anilines is 1. The fraction of sp³-hybridized carbons (Fsp3) is 0.364. The van der Waals surface area contributed by atoms with Crippen LogP contribution in [0, 0.1) is 0 Å².